The molecule has 1 rings (SSSR count). The highest BCUT2D eigenvalue weighted by Crippen LogP contribution is 2.30. The third-order valence-corrected chi connectivity index (χ3v) is 2.55. The molecule has 0 bridgehead atoms. The molecule has 0 aromatic heterocycles. The standard InChI is InChI=1S/C10H14ClN3O2/c1-6-3-10(14(15)16)8(11)4-9(6)13-7(2)5-12/h3-4,7,13H,5,12H2,1-2H3. The van der Waals surface area contributed by atoms with Crippen LogP contribution in [0.15, 0.2) is 12.1 Å². The molecule has 0 aliphatic rings. The number of benzene rings is 1. The number of nitrogens with zero attached hydrogens (tertiary/aromatic N) is 1. The van der Waals surface area contributed by atoms with E-state index >= 15 is 0 Å². The van der Waals surface area contributed by atoms with E-state index in [1.165, 1.54) is 6.07 Å². The van der Waals surface area contributed by atoms with Crippen LogP contribution < -0.4 is 11.1 Å². The van der Waals surface area contributed by atoms with Crippen LogP contribution in [-0.2, 0) is 0 Å². The normalized spacial score (nSPS) is 12.2. The molecule has 0 amide bonds. The second kappa shape index (κ2) is 5.14. The topological polar surface area (TPSA) is 81.2 Å². The second-order valence-electron chi connectivity index (χ2n) is 3.66. The van der Waals surface area contributed by atoms with Gasteiger partial charge in [0.2, 0.25) is 0 Å². The quantitative estimate of drug-likeness (QED) is 0.628. The van der Waals surface area contributed by atoms with Crippen LogP contribution in [0.5, 0.6) is 0 Å². The maximum absolute atomic E-state index is 10.6. The zero-order valence-corrected chi connectivity index (χ0v) is 9.91. The van der Waals surface area contributed by atoms with Gasteiger partial charge in [0.15, 0.2) is 0 Å². The van der Waals surface area contributed by atoms with Crippen molar-refractivity contribution < 1.29 is 4.92 Å². The first-order valence-corrected chi connectivity index (χ1v) is 5.24. The van der Waals surface area contributed by atoms with Crippen molar-refractivity contribution in [2.45, 2.75) is 19.9 Å². The van der Waals surface area contributed by atoms with E-state index in [1.807, 2.05) is 6.92 Å². The molecule has 5 nitrogen and oxygen atoms in total. The summed E-state index contributed by atoms with van der Waals surface area (Å²) < 4.78 is 0. The molecule has 0 spiro atoms. The second-order valence-corrected chi connectivity index (χ2v) is 4.06. The van der Waals surface area contributed by atoms with E-state index in [9.17, 15) is 10.1 Å². The van der Waals surface area contributed by atoms with E-state index in [0.717, 1.165) is 11.3 Å². The number of rotatable bonds is 4. The van der Waals surface area contributed by atoms with E-state index in [4.69, 9.17) is 17.3 Å². The van der Waals surface area contributed by atoms with E-state index in [-0.39, 0.29) is 16.8 Å². The lowest BCUT2D eigenvalue weighted by Gasteiger charge is -2.15. The molecule has 1 aromatic rings. The fourth-order valence-electron chi connectivity index (χ4n) is 1.29. The molecule has 0 heterocycles. The minimum absolute atomic E-state index is 0.0786. The average molecular weight is 244 g/mol. The van der Waals surface area contributed by atoms with Gasteiger partial charge in [0, 0.05) is 24.3 Å². The van der Waals surface area contributed by atoms with Gasteiger partial charge in [-0.1, -0.05) is 11.6 Å². The Kier molecular flexibility index (Phi) is 4.09. The van der Waals surface area contributed by atoms with Crippen LogP contribution in [0.1, 0.15) is 12.5 Å². The van der Waals surface area contributed by atoms with Crippen LogP contribution in [-0.4, -0.2) is 17.5 Å². The van der Waals surface area contributed by atoms with E-state index < -0.39 is 4.92 Å². The zero-order valence-electron chi connectivity index (χ0n) is 9.16. The molecule has 0 aliphatic heterocycles. The number of halogens is 1. The van der Waals surface area contributed by atoms with Crippen molar-refractivity contribution in [2.24, 2.45) is 5.73 Å². The average Bonchev–Trinajstić information content (AvgIpc) is 2.22. The third-order valence-electron chi connectivity index (χ3n) is 2.25. The Morgan fingerprint density at radius 2 is 2.25 bits per heavy atom. The third kappa shape index (κ3) is 2.84. The predicted molar refractivity (Wildman–Crippen MR) is 65.0 cm³/mol. The molecule has 3 N–H and O–H groups in total. The summed E-state index contributed by atoms with van der Waals surface area (Å²) in [6, 6.07) is 3.10. The number of nitro benzene ring substituents is 1. The number of nitrogens with two attached hydrogens (primary N) is 1. The fourth-order valence-corrected chi connectivity index (χ4v) is 1.52. The van der Waals surface area contributed by atoms with Gasteiger partial charge < -0.3 is 11.1 Å². The Morgan fingerprint density at radius 3 is 2.75 bits per heavy atom. The van der Waals surface area contributed by atoms with Crippen LogP contribution in [0.2, 0.25) is 5.02 Å². The van der Waals surface area contributed by atoms with Crippen LogP contribution >= 0.6 is 11.6 Å². The summed E-state index contributed by atoms with van der Waals surface area (Å²) in [6.07, 6.45) is 0. The summed E-state index contributed by atoms with van der Waals surface area (Å²) in [4.78, 5) is 10.1. The molecular formula is C10H14ClN3O2. The molecule has 0 fully saturated rings. The summed E-state index contributed by atoms with van der Waals surface area (Å²) in [7, 11) is 0. The predicted octanol–water partition coefficient (Wildman–Crippen LogP) is 2.32. The smallest absolute Gasteiger partial charge is 0.288 e. The molecule has 0 saturated heterocycles. The van der Waals surface area contributed by atoms with Crippen molar-refractivity contribution in [3.63, 3.8) is 0 Å². The van der Waals surface area contributed by atoms with Crippen molar-refractivity contribution in [1.29, 1.82) is 0 Å². The molecule has 1 atom stereocenters. The van der Waals surface area contributed by atoms with Crippen LogP contribution in [0.25, 0.3) is 0 Å². The largest absolute Gasteiger partial charge is 0.381 e. The van der Waals surface area contributed by atoms with Crippen LogP contribution in [0.4, 0.5) is 11.4 Å². The number of aryl methyl sites for hydroxylation is 1. The summed E-state index contributed by atoms with van der Waals surface area (Å²) in [6.45, 7) is 4.19. The lowest BCUT2D eigenvalue weighted by atomic mass is 10.1. The van der Waals surface area contributed by atoms with Gasteiger partial charge in [0.05, 0.1) is 4.92 Å². The van der Waals surface area contributed by atoms with Gasteiger partial charge >= 0.3 is 0 Å². The highest BCUT2D eigenvalue weighted by molar-refractivity contribution is 6.33. The number of nitro groups is 1. The summed E-state index contributed by atoms with van der Waals surface area (Å²) in [5.74, 6) is 0. The summed E-state index contributed by atoms with van der Waals surface area (Å²) in [5.41, 5.74) is 6.95. The van der Waals surface area contributed by atoms with E-state index in [2.05, 4.69) is 5.32 Å². The maximum atomic E-state index is 10.6. The molecule has 0 saturated carbocycles. The summed E-state index contributed by atoms with van der Waals surface area (Å²) >= 11 is 5.81. The molecule has 1 aromatic carbocycles. The number of hydrogen-bond acceptors (Lipinski definition) is 4. The Bertz CT molecular complexity index is 409. The lowest BCUT2D eigenvalue weighted by molar-refractivity contribution is -0.384. The first-order valence-electron chi connectivity index (χ1n) is 4.86. The zero-order chi connectivity index (χ0) is 12.3. The first-order chi connectivity index (χ1) is 7.45. The van der Waals surface area contributed by atoms with Crippen LogP contribution in [0.3, 0.4) is 0 Å². The molecule has 6 heteroatoms. The molecule has 88 valence electrons. The molecule has 0 radical (unpaired) electrons. The lowest BCUT2D eigenvalue weighted by Crippen LogP contribution is -2.25. The first kappa shape index (κ1) is 12.7. The van der Waals surface area contributed by atoms with Gasteiger partial charge in [0.1, 0.15) is 5.02 Å². The van der Waals surface area contributed by atoms with Gasteiger partial charge in [-0.3, -0.25) is 10.1 Å². The van der Waals surface area contributed by atoms with Crippen molar-refractivity contribution >= 4 is 23.0 Å². The number of hydrogen-bond donors (Lipinski definition) is 2. The van der Waals surface area contributed by atoms with E-state index in [1.54, 1.807) is 13.0 Å². The maximum Gasteiger partial charge on any atom is 0.288 e. The number of anilines is 1. The molecular weight excluding hydrogens is 230 g/mol. The molecule has 1 unspecified atom stereocenters. The van der Waals surface area contributed by atoms with Crippen LogP contribution in [0, 0.1) is 17.0 Å². The fraction of sp³-hybridized carbons (Fsp3) is 0.400. The number of nitrogens with one attached hydrogen (secondary N) is 1. The Morgan fingerprint density at radius 1 is 1.62 bits per heavy atom. The van der Waals surface area contributed by atoms with Gasteiger partial charge in [-0.2, -0.15) is 0 Å². The van der Waals surface area contributed by atoms with Crippen molar-refractivity contribution in [1.82, 2.24) is 0 Å². The van der Waals surface area contributed by atoms with Crippen molar-refractivity contribution in [3.05, 3.63) is 32.8 Å². The van der Waals surface area contributed by atoms with Gasteiger partial charge in [-0.15, -0.1) is 0 Å². The van der Waals surface area contributed by atoms with Crippen molar-refractivity contribution in [3.8, 4) is 0 Å². The van der Waals surface area contributed by atoms with E-state index in [0.29, 0.717) is 6.54 Å². The Labute approximate surface area is 98.7 Å². The van der Waals surface area contributed by atoms with Gasteiger partial charge in [-0.05, 0) is 25.5 Å². The Balaban J connectivity index is 3.05. The minimum Gasteiger partial charge on any atom is -0.381 e. The summed E-state index contributed by atoms with van der Waals surface area (Å²) in [5, 5.41) is 13.9. The SMILES string of the molecule is Cc1cc([N+](=O)[O-])c(Cl)cc1NC(C)CN. The minimum atomic E-state index is -0.495. The highest BCUT2D eigenvalue weighted by Gasteiger charge is 2.15. The van der Waals surface area contributed by atoms with Crippen molar-refractivity contribution in [2.75, 3.05) is 11.9 Å². The Hall–Kier alpha value is -1.33. The van der Waals surface area contributed by atoms with Gasteiger partial charge in [-0.25, -0.2) is 0 Å². The monoisotopic (exact) mass is 243 g/mol. The molecule has 16 heavy (non-hydrogen) atoms. The molecule has 0 aliphatic carbocycles. The highest BCUT2D eigenvalue weighted by atomic mass is 35.5. The van der Waals surface area contributed by atoms with Gasteiger partial charge in [0.25, 0.3) is 5.69 Å².